The van der Waals surface area contributed by atoms with E-state index < -0.39 is 0 Å². The Morgan fingerprint density at radius 3 is 2.50 bits per heavy atom. The molecule has 0 spiro atoms. The van der Waals surface area contributed by atoms with Gasteiger partial charge in [0.25, 0.3) is 0 Å². The van der Waals surface area contributed by atoms with Gasteiger partial charge in [0, 0.05) is 17.2 Å². The van der Waals surface area contributed by atoms with Crippen LogP contribution in [0.5, 0.6) is 0 Å². The van der Waals surface area contributed by atoms with Crippen molar-refractivity contribution in [3.8, 4) is 0 Å². The molecule has 1 aromatic rings. The molecule has 1 aliphatic rings. The van der Waals surface area contributed by atoms with Gasteiger partial charge >= 0.3 is 0 Å². The van der Waals surface area contributed by atoms with Crippen molar-refractivity contribution in [2.45, 2.75) is 0 Å². The van der Waals surface area contributed by atoms with Crippen molar-refractivity contribution in [3.05, 3.63) is 47.2 Å². The summed E-state index contributed by atoms with van der Waals surface area (Å²) in [5.74, 6) is -0.0754. The molecule has 2 heteroatoms. The number of carbonyl (C=O) groups excluding carboxylic acids is 1. The summed E-state index contributed by atoms with van der Waals surface area (Å²) in [5.41, 5.74) is 3.58. The molecule has 58 valence electrons. The Morgan fingerprint density at radius 2 is 1.83 bits per heavy atom. The predicted octanol–water partition coefficient (Wildman–Crippen LogP) is 1.94. The number of rotatable bonds is 0. The SMILES string of the molecule is O=C1C=C=C(O)c2ccccc21. The summed E-state index contributed by atoms with van der Waals surface area (Å²) >= 11 is 0. The van der Waals surface area contributed by atoms with Gasteiger partial charge in [0.15, 0.2) is 11.5 Å². The van der Waals surface area contributed by atoms with Crippen LogP contribution in [0, 0.1) is 0 Å². The molecule has 0 radical (unpaired) electrons. The summed E-state index contributed by atoms with van der Waals surface area (Å²) < 4.78 is 0. The zero-order valence-corrected chi connectivity index (χ0v) is 6.24. The van der Waals surface area contributed by atoms with Crippen LogP contribution in [0.4, 0.5) is 0 Å². The Labute approximate surface area is 69.5 Å². The van der Waals surface area contributed by atoms with E-state index in [0.717, 1.165) is 0 Å². The van der Waals surface area contributed by atoms with Gasteiger partial charge in [-0.05, 0) is 6.07 Å². The number of hydrogen-bond acceptors (Lipinski definition) is 2. The molecule has 2 nitrogen and oxygen atoms in total. The van der Waals surface area contributed by atoms with E-state index in [1.165, 1.54) is 6.08 Å². The number of ketones is 1. The van der Waals surface area contributed by atoms with Gasteiger partial charge in [-0.15, -0.1) is 0 Å². The minimum Gasteiger partial charge on any atom is -0.501 e. The molecule has 12 heavy (non-hydrogen) atoms. The van der Waals surface area contributed by atoms with E-state index >= 15 is 0 Å². The lowest BCUT2D eigenvalue weighted by Crippen LogP contribution is -2.02. The van der Waals surface area contributed by atoms with Crippen molar-refractivity contribution in [2.75, 3.05) is 0 Å². The third kappa shape index (κ3) is 0.865. The van der Waals surface area contributed by atoms with Gasteiger partial charge in [-0.3, -0.25) is 4.79 Å². The molecule has 0 unspecified atom stereocenters. The maximum Gasteiger partial charge on any atom is 0.194 e. The summed E-state index contributed by atoms with van der Waals surface area (Å²) in [5, 5.41) is 9.30. The third-order valence-electron chi connectivity index (χ3n) is 1.79. The van der Waals surface area contributed by atoms with Crippen LogP contribution in [-0.4, -0.2) is 10.9 Å². The predicted molar refractivity (Wildman–Crippen MR) is 44.9 cm³/mol. The van der Waals surface area contributed by atoms with Crippen LogP contribution < -0.4 is 0 Å². The second-order valence-electron chi connectivity index (χ2n) is 2.55. The van der Waals surface area contributed by atoms with Crippen molar-refractivity contribution in [1.82, 2.24) is 0 Å². The largest absolute Gasteiger partial charge is 0.501 e. The van der Waals surface area contributed by atoms with Crippen LogP contribution in [0.15, 0.2) is 36.1 Å². The minimum atomic E-state index is -0.108. The first-order valence-electron chi connectivity index (χ1n) is 3.58. The molecular formula is C10H6O2. The molecule has 0 aliphatic heterocycles. The fourth-order valence-electron chi connectivity index (χ4n) is 1.19. The van der Waals surface area contributed by atoms with E-state index in [2.05, 4.69) is 5.73 Å². The Hall–Kier alpha value is -1.79. The monoisotopic (exact) mass is 158 g/mol. The summed E-state index contributed by atoms with van der Waals surface area (Å²) in [6, 6.07) is 6.92. The van der Waals surface area contributed by atoms with Crippen LogP contribution in [0.3, 0.4) is 0 Å². The molecule has 1 aromatic carbocycles. The highest BCUT2D eigenvalue weighted by Gasteiger charge is 2.13. The summed E-state index contributed by atoms with van der Waals surface area (Å²) in [6.07, 6.45) is 1.25. The number of benzene rings is 1. The van der Waals surface area contributed by atoms with Gasteiger partial charge in [0.2, 0.25) is 0 Å². The quantitative estimate of drug-likeness (QED) is 0.586. The lowest BCUT2D eigenvalue weighted by Gasteiger charge is -2.06. The minimum absolute atomic E-state index is 0.0326. The summed E-state index contributed by atoms with van der Waals surface area (Å²) in [4.78, 5) is 11.2. The first kappa shape index (κ1) is 6.89. The zero-order valence-electron chi connectivity index (χ0n) is 6.24. The highest BCUT2D eigenvalue weighted by Crippen LogP contribution is 2.19. The molecule has 0 bridgehead atoms. The lowest BCUT2D eigenvalue weighted by atomic mass is 9.99. The maximum atomic E-state index is 11.2. The second kappa shape index (κ2) is 2.36. The zero-order chi connectivity index (χ0) is 8.55. The lowest BCUT2D eigenvalue weighted by molar-refractivity contribution is 0.104. The van der Waals surface area contributed by atoms with Gasteiger partial charge in [-0.1, -0.05) is 23.9 Å². The van der Waals surface area contributed by atoms with Gasteiger partial charge in [0.05, 0.1) is 0 Å². The third-order valence-corrected chi connectivity index (χ3v) is 1.79. The van der Waals surface area contributed by atoms with E-state index in [-0.39, 0.29) is 11.5 Å². The topological polar surface area (TPSA) is 37.3 Å². The fourth-order valence-corrected chi connectivity index (χ4v) is 1.19. The fraction of sp³-hybridized carbons (Fsp3) is 0. The number of aliphatic hydroxyl groups excluding tert-OH is 1. The van der Waals surface area contributed by atoms with Gasteiger partial charge in [0.1, 0.15) is 0 Å². The van der Waals surface area contributed by atoms with E-state index in [1.807, 2.05) is 0 Å². The number of hydrogen-bond donors (Lipinski definition) is 1. The van der Waals surface area contributed by atoms with E-state index in [1.54, 1.807) is 24.3 Å². The smallest absolute Gasteiger partial charge is 0.194 e. The first-order chi connectivity index (χ1) is 5.79. The van der Waals surface area contributed by atoms with Crippen LogP contribution in [0.2, 0.25) is 0 Å². The highest BCUT2D eigenvalue weighted by atomic mass is 16.3. The van der Waals surface area contributed by atoms with Crippen molar-refractivity contribution in [2.24, 2.45) is 0 Å². The van der Waals surface area contributed by atoms with Crippen molar-refractivity contribution < 1.29 is 9.90 Å². The van der Waals surface area contributed by atoms with Crippen molar-refractivity contribution in [3.63, 3.8) is 0 Å². The standard InChI is InChI=1S/C10H6O2/c11-9-5-6-10(12)8-4-2-1-3-7(8)9/h1-5,12H. The molecule has 0 saturated carbocycles. The molecule has 0 atom stereocenters. The molecule has 1 N–H and O–H groups in total. The molecular weight excluding hydrogens is 152 g/mol. The maximum absolute atomic E-state index is 11.2. The Morgan fingerprint density at radius 1 is 1.17 bits per heavy atom. The molecule has 1 aliphatic carbocycles. The number of fused-ring (bicyclic) bond motifs is 1. The Kier molecular flexibility index (Phi) is 1.36. The van der Waals surface area contributed by atoms with Crippen molar-refractivity contribution >= 4 is 11.5 Å². The molecule has 0 heterocycles. The number of allylic oxidation sites excluding steroid dienone is 1. The average Bonchev–Trinajstić information content (AvgIpc) is 2.12. The molecule has 0 amide bonds. The van der Waals surface area contributed by atoms with Crippen LogP contribution in [-0.2, 0) is 0 Å². The number of aliphatic hydroxyl groups is 1. The van der Waals surface area contributed by atoms with Crippen molar-refractivity contribution in [1.29, 1.82) is 0 Å². The van der Waals surface area contributed by atoms with Crippen LogP contribution in [0.25, 0.3) is 5.76 Å². The Balaban J connectivity index is 2.77. The molecule has 2 rings (SSSR count). The van der Waals surface area contributed by atoms with E-state index in [0.29, 0.717) is 11.1 Å². The number of carbonyl (C=O) groups is 1. The van der Waals surface area contributed by atoms with Crippen LogP contribution in [0.1, 0.15) is 15.9 Å². The second-order valence-corrected chi connectivity index (χ2v) is 2.55. The first-order valence-corrected chi connectivity index (χ1v) is 3.58. The summed E-state index contributed by atoms with van der Waals surface area (Å²) in [7, 11) is 0. The van der Waals surface area contributed by atoms with Gasteiger partial charge in [-0.2, -0.15) is 0 Å². The molecule has 0 saturated heterocycles. The molecule has 0 fully saturated rings. The summed E-state index contributed by atoms with van der Waals surface area (Å²) in [6.45, 7) is 0. The van der Waals surface area contributed by atoms with Gasteiger partial charge in [-0.25, -0.2) is 0 Å². The van der Waals surface area contributed by atoms with Crippen LogP contribution >= 0.6 is 0 Å². The van der Waals surface area contributed by atoms with E-state index in [9.17, 15) is 9.90 Å². The average molecular weight is 158 g/mol. The molecule has 0 aromatic heterocycles. The Bertz CT molecular complexity index is 410. The highest BCUT2D eigenvalue weighted by molar-refractivity contribution is 6.09. The van der Waals surface area contributed by atoms with E-state index in [4.69, 9.17) is 0 Å². The van der Waals surface area contributed by atoms with Gasteiger partial charge < -0.3 is 5.11 Å². The normalized spacial score (nSPS) is 14.0.